The van der Waals surface area contributed by atoms with Crippen molar-refractivity contribution in [2.75, 3.05) is 13.2 Å². The standard InChI is InChI=1S/C16H28N2O/c1-2-13-6-7-14(12-17)16(11-13)18-9-4-3-5-15(18)8-10-19/h13-16,19H,2-11H2,1H3. The fourth-order valence-electron chi connectivity index (χ4n) is 4.04. The monoisotopic (exact) mass is 264 g/mol. The van der Waals surface area contributed by atoms with Gasteiger partial charge in [0.15, 0.2) is 0 Å². The Morgan fingerprint density at radius 3 is 2.79 bits per heavy atom. The summed E-state index contributed by atoms with van der Waals surface area (Å²) >= 11 is 0. The molecule has 0 amide bonds. The van der Waals surface area contributed by atoms with Gasteiger partial charge in [-0.3, -0.25) is 4.90 Å². The third-order valence-electron chi connectivity index (χ3n) is 5.23. The largest absolute Gasteiger partial charge is 0.396 e. The molecule has 0 aromatic heterocycles. The summed E-state index contributed by atoms with van der Waals surface area (Å²) in [4.78, 5) is 2.58. The molecule has 1 saturated heterocycles. The van der Waals surface area contributed by atoms with Gasteiger partial charge in [-0.2, -0.15) is 5.26 Å². The van der Waals surface area contributed by atoms with E-state index in [0.717, 1.165) is 25.3 Å². The Morgan fingerprint density at radius 1 is 1.26 bits per heavy atom. The first-order valence-corrected chi connectivity index (χ1v) is 8.06. The summed E-state index contributed by atoms with van der Waals surface area (Å²) < 4.78 is 0. The molecule has 1 N–H and O–H groups in total. The Bertz CT molecular complexity index is 310. The fraction of sp³-hybridized carbons (Fsp3) is 0.938. The van der Waals surface area contributed by atoms with Gasteiger partial charge in [0.05, 0.1) is 12.0 Å². The van der Waals surface area contributed by atoms with Crippen molar-refractivity contribution in [2.45, 2.75) is 70.4 Å². The third-order valence-corrected chi connectivity index (χ3v) is 5.23. The van der Waals surface area contributed by atoms with Crippen molar-refractivity contribution >= 4 is 0 Å². The van der Waals surface area contributed by atoms with Crippen molar-refractivity contribution in [3.63, 3.8) is 0 Å². The molecule has 2 aliphatic rings. The van der Waals surface area contributed by atoms with Crippen molar-refractivity contribution in [3.05, 3.63) is 0 Å². The van der Waals surface area contributed by atoms with E-state index in [1.54, 1.807) is 0 Å². The van der Waals surface area contributed by atoms with Gasteiger partial charge in [0.1, 0.15) is 0 Å². The second-order valence-corrected chi connectivity index (χ2v) is 6.29. The predicted octanol–water partition coefficient (Wildman–Crippen LogP) is 2.94. The molecule has 2 fully saturated rings. The van der Waals surface area contributed by atoms with Gasteiger partial charge < -0.3 is 5.11 Å². The maximum atomic E-state index is 9.44. The lowest BCUT2D eigenvalue weighted by atomic mass is 9.76. The van der Waals surface area contributed by atoms with E-state index in [9.17, 15) is 10.4 Å². The number of nitriles is 1. The summed E-state index contributed by atoms with van der Waals surface area (Å²) in [6.45, 7) is 3.68. The van der Waals surface area contributed by atoms with Gasteiger partial charge in [-0.1, -0.05) is 19.8 Å². The normalized spacial score (nSPS) is 36.9. The van der Waals surface area contributed by atoms with Crippen molar-refractivity contribution in [2.24, 2.45) is 11.8 Å². The molecule has 0 aromatic rings. The molecular weight excluding hydrogens is 236 g/mol. The number of hydrogen-bond donors (Lipinski definition) is 1. The minimum atomic E-state index is 0.210. The van der Waals surface area contributed by atoms with Crippen LogP contribution in [0.4, 0.5) is 0 Å². The van der Waals surface area contributed by atoms with E-state index in [4.69, 9.17) is 0 Å². The van der Waals surface area contributed by atoms with E-state index in [0.29, 0.717) is 12.1 Å². The van der Waals surface area contributed by atoms with Crippen molar-refractivity contribution in [1.82, 2.24) is 4.90 Å². The maximum Gasteiger partial charge on any atom is 0.0672 e. The molecule has 0 radical (unpaired) electrons. The summed E-state index contributed by atoms with van der Waals surface area (Å²) in [6, 6.07) is 3.51. The van der Waals surface area contributed by atoms with Crippen LogP contribution in [0.3, 0.4) is 0 Å². The van der Waals surface area contributed by atoms with Crippen LogP contribution < -0.4 is 0 Å². The van der Waals surface area contributed by atoms with Crippen molar-refractivity contribution in [1.29, 1.82) is 5.26 Å². The Morgan fingerprint density at radius 2 is 2.11 bits per heavy atom. The number of aliphatic hydroxyl groups excluding tert-OH is 1. The second kappa shape index (κ2) is 7.26. The first kappa shape index (κ1) is 14.8. The number of likely N-dealkylation sites (tertiary alicyclic amines) is 1. The summed E-state index contributed by atoms with van der Waals surface area (Å²) in [5.74, 6) is 1.01. The number of hydrogen-bond acceptors (Lipinski definition) is 3. The van der Waals surface area contributed by atoms with E-state index < -0.39 is 0 Å². The van der Waals surface area contributed by atoms with Gasteiger partial charge in [0.25, 0.3) is 0 Å². The van der Waals surface area contributed by atoms with Gasteiger partial charge in [0, 0.05) is 18.7 Å². The van der Waals surface area contributed by atoms with Crippen LogP contribution in [0.1, 0.15) is 58.3 Å². The molecule has 3 heteroatoms. The highest BCUT2D eigenvalue weighted by molar-refractivity contribution is 4.99. The predicted molar refractivity (Wildman–Crippen MR) is 76.6 cm³/mol. The Labute approximate surface area is 117 Å². The molecule has 0 bridgehead atoms. The molecule has 3 nitrogen and oxygen atoms in total. The van der Waals surface area contributed by atoms with E-state index in [1.807, 2.05) is 0 Å². The van der Waals surface area contributed by atoms with Gasteiger partial charge in [-0.25, -0.2) is 0 Å². The highest BCUT2D eigenvalue weighted by Crippen LogP contribution is 2.36. The summed E-state index contributed by atoms with van der Waals surface area (Å²) in [7, 11) is 0. The van der Waals surface area contributed by atoms with Crippen LogP contribution in [0.25, 0.3) is 0 Å². The summed E-state index contributed by atoms with van der Waals surface area (Å²) in [6.07, 6.45) is 9.35. The smallest absolute Gasteiger partial charge is 0.0672 e. The molecule has 1 aliphatic carbocycles. The van der Waals surface area contributed by atoms with E-state index >= 15 is 0 Å². The molecule has 2 rings (SSSR count). The van der Waals surface area contributed by atoms with Crippen LogP contribution in [-0.4, -0.2) is 35.2 Å². The lowest BCUT2D eigenvalue weighted by Gasteiger charge is -2.46. The molecule has 19 heavy (non-hydrogen) atoms. The molecule has 1 heterocycles. The van der Waals surface area contributed by atoms with E-state index in [2.05, 4.69) is 17.9 Å². The maximum absolute atomic E-state index is 9.44. The van der Waals surface area contributed by atoms with E-state index in [-0.39, 0.29) is 12.5 Å². The fourth-order valence-corrected chi connectivity index (χ4v) is 4.04. The zero-order chi connectivity index (χ0) is 13.7. The Hall–Kier alpha value is -0.590. The first-order valence-electron chi connectivity index (χ1n) is 8.06. The molecule has 4 atom stereocenters. The number of piperidine rings is 1. The molecule has 1 saturated carbocycles. The van der Waals surface area contributed by atoms with Gasteiger partial charge >= 0.3 is 0 Å². The number of nitrogens with zero attached hydrogens (tertiary/aromatic N) is 2. The van der Waals surface area contributed by atoms with Crippen LogP contribution in [0.15, 0.2) is 0 Å². The Balaban J connectivity index is 2.07. The summed E-state index contributed by atoms with van der Waals surface area (Å²) in [5.41, 5.74) is 0. The van der Waals surface area contributed by atoms with Crippen molar-refractivity contribution < 1.29 is 5.11 Å². The molecule has 4 unspecified atom stereocenters. The van der Waals surface area contributed by atoms with Crippen LogP contribution in [0, 0.1) is 23.2 Å². The molecule has 0 spiro atoms. The minimum Gasteiger partial charge on any atom is -0.396 e. The zero-order valence-electron chi connectivity index (χ0n) is 12.2. The molecule has 108 valence electrons. The molecular formula is C16H28N2O. The van der Waals surface area contributed by atoms with Crippen LogP contribution >= 0.6 is 0 Å². The zero-order valence-corrected chi connectivity index (χ0v) is 12.2. The lowest BCUT2D eigenvalue weighted by molar-refractivity contribution is 0.0275. The summed E-state index contributed by atoms with van der Waals surface area (Å²) in [5, 5.41) is 18.7. The Kier molecular flexibility index (Phi) is 5.66. The number of rotatable bonds is 4. The number of aliphatic hydroxyl groups is 1. The average Bonchev–Trinajstić information content (AvgIpc) is 2.47. The lowest BCUT2D eigenvalue weighted by Crippen LogP contribution is -2.51. The highest BCUT2D eigenvalue weighted by Gasteiger charge is 2.37. The minimum absolute atomic E-state index is 0.210. The second-order valence-electron chi connectivity index (χ2n) is 6.29. The average molecular weight is 264 g/mol. The van der Waals surface area contributed by atoms with Gasteiger partial charge in [-0.05, 0) is 51.0 Å². The quantitative estimate of drug-likeness (QED) is 0.849. The van der Waals surface area contributed by atoms with Crippen LogP contribution in [0.5, 0.6) is 0 Å². The van der Waals surface area contributed by atoms with E-state index in [1.165, 1.54) is 38.5 Å². The van der Waals surface area contributed by atoms with Gasteiger partial charge in [0.2, 0.25) is 0 Å². The third kappa shape index (κ3) is 3.49. The van der Waals surface area contributed by atoms with Crippen molar-refractivity contribution in [3.8, 4) is 6.07 Å². The SMILES string of the molecule is CCC1CCC(C#N)C(N2CCCCC2CCO)C1. The highest BCUT2D eigenvalue weighted by atomic mass is 16.3. The molecule has 0 aromatic carbocycles. The first-order chi connectivity index (χ1) is 9.30. The topological polar surface area (TPSA) is 47.3 Å². The van der Waals surface area contributed by atoms with Crippen LogP contribution in [-0.2, 0) is 0 Å². The van der Waals surface area contributed by atoms with Gasteiger partial charge in [-0.15, -0.1) is 0 Å². The molecule has 1 aliphatic heterocycles. The van der Waals surface area contributed by atoms with Crippen LogP contribution in [0.2, 0.25) is 0 Å².